The van der Waals surface area contributed by atoms with Gasteiger partial charge in [0.25, 0.3) is 29.5 Å². The van der Waals surface area contributed by atoms with Crippen LogP contribution in [0.1, 0.15) is 73.8 Å². The molecule has 54 heavy (non-hydrogen) atoms. The fourth-order valence-electron chi connectivity index (χ4n) is 7.17. The molecule has 10 heteroatoms. The van der Waals surface area contributed by atoms with Crippen molar-refractivity contribution < 1.29 is 33.5 Å². The second-order valence-electron chi connectivity index (χ2n) is 13.0. The number of hydrogen-bond donors (Lipinski definition) is 0. The van der Waals surface area contributed by atoms with Gasteiger partial charge in [0.1, 0.15) is 17.5 Å². The predicted octanol–water partition coefficient (Wildman–Crippen LogP) is 7.53. The van der Waals surface area contributed by atoms with Crippen molar-refractivity contribution in [2.75, 3.05) is 9.80 Å². The number of ether oxygens (including phenoxy) is 1. The average Bonchev–Trinajstić information content (AvgIpc) is 3.85. The van der Waals surface area contributed by atoms with Crippen LogP contribution in [0.3, 0.4) is 0 Å². The molecule has 0 bridgehead atoms. The standard InChI is InChI=1S/C44H27N3O7/c48-39(27-12-6-2-7-13-27)38-37(26-10-4-1-5-11-26)47(38)40(49)28-16-22-33-35(24-28)43(52)46(41(33)50)30-17-19-31(20-18-30)54-32-21-23-34-36(25-32)44(53)45(42(34)51)29-14-8-3-9-15-29/h1-25,37-38H/t37-,38+,47?/m0/s1. The van der Waals surface area contributed by atoms with Crippen molar-refractivity contribution in [2.45, 2.75) is 12.1 Å². The topological polar surface area (TPSA) is 121 Å². The lowest BCUT2D eigenvalue weighted by atomic mass is 10.0. The molecule has 0 radical (unpaired) electrons. The highest BCUT2D eigenvalue weighted by Crippen LogP contribution is 2.46. The number of imide groups is 2. The van der Waals surface area contributed by atoms with E-state index >= 15 is 0 Å². The first-order chi connectivity index (χ1) is 26.3. The quantitative estimate of drug-likeness (QED) is 0.0910. The summed E-state index contributed by atoms with van der Waals surface area (Å²) >= 11 is 0. The third-order valence-electron chi connectivity index (χ3n) is 9.85. The van der Waals surface area contributed by atoms with E-state index in [0.29, 0.717) is 28.4 Å². The molecule has 6 aromatic carbocycles. The van der Waals surface area contributed by atoms with E-state index in [1.807, 2.05) is 36.4 Å². The minimum Gasteiger partial charge on any atom is -0.457 e. The first kappa shape index (κ1) is 32.4. The van der Waals surface area contributed by atoms with Gasteiger partial charge in [0, 0.05) is 11.1 Å². The van der Waals surface area contributed by atoms with Crippen molar-refractivity contribution in [1.29, 1.82) is 0 Å². The summed E-state index contributed by atoms with van der Waals surface area (Å²) in [6, 6.07) is 40.9. The highest BCUT2D eigenvalue weighted by Gasteiger charge is 2.56. The van der Waals surface area contributed by atoms with Crippen LogP contribution in [0.5, 0.6) is 11.5 Å². The van der Waals surface area contributed by atoms with Crippen molar-refractivity contribution >= 4 is 46.7 Å². The van der Waals surface area contributed by atoms with E-state index in [1.165, 1.54) is 29.2 Å². The van der Waals surface area contributed by atoms with Gasteiger partial charge >= 0.3 is 0 Å². The van der Waals surface area contributed by atoms with Gasteiger partial charge in [-0.2, -0.15) is 0 Å². The average molecular weight is 710 g/mol. The molecule has 0 N–H and O–H groups in total. The Bertz CT molecular complexity index is 2560. The van der Waals surface area contributed by atoms with Crippen LogP contribution < -0.4 is 14.5 Å². The van der Waals surface area contributed by atoms with Crippen molar-refractivity contribution in [1.82, 2.24) is 4.90 Å². The molecule has 2 atom stereocenters. The number of carbonyl (C=O) groups excluding carboxylic acids is 6. The summed E-state index contributed by atoms with van der Waals surface area (Å²) in [5, 5.41) is 0. The second kappa shape index (κ2) is 12.6. The lowest BCUT2D eigenvalue weighted by molar-refractivity contribution is 0.0833. The van der Waals surface area contributed by atoms with Crippen molar-refractivity contribution in [3.05, 3.63) is 191 Å². The Kier molecular flexibility index (Phi) is 7.60. The molecule has 9 rings (SSSR count). The van der Waals surface area contributed by atoms with E-state index in [1.54, 1.807) is 91.0 Å². The maximum Gasteiger partial charge on any atom is 0.266 e. The van der Waals surface area contributed by atoms with Crippen LogP contribution in [0.25, 0.3) is 0 Å². The number of nitrogens with zero attached hydrogens (tertiary/aromatic N) is 3. The summed E-state index contributed by atoms with van der Waals surface area (Å²) in [6.07, 6.45) is 0. The van der Waals surface area contributed by atoms with E-state index < -0.39 is 41.6 Å². The molecule has 1 saturated heterocycles. The zero-order valence-electron chi connectivity index (χ0n) is 28.3. The number of para-hydroxylation sites is 1. The molecular weight excluding hydrogens is 682 g/mol. The molecule has 3 aliphatic heterocycles. The van der Waals surface area contributed by atoms with Gasteiger partial charge in [-0.3, -0.25) is 28.8 Å². The fourth-order valence-corrected chi connectivity index (χ4v) is 7.17. The van der Waals surface area contributed by atoms with Crippen LogP contribution in [-0.4, -0.2) is 46.3 Å². The maximum atomic E-state index is 14.0. The van der Waals surface area contributed by atoms with Gasteiger partial charge in [-0.1, -0.05) is 78.9 Å². The molecule has 0 aromatic heterocycles. The Balaban J connectivity index is 0.925. The first-order valence-corrected chi connectivity index (χ1v) is 17.2. The second-order valence-corrected chi connectivity index (χ2v) is 13.0. The van der Waals surface area contributed by atoms with E-state index in [9.17, 15) is 28.8 Å². The van der Waals surface area contributed by atoms with Gasteiger partial charge in [0.05, 0.1) is 39.7 Å². The summed E-state index contributed by atoms with van der Waals surface area (Å²) in [7, 11) is 0. The number of hydrogen-bond acceptors (Lipinski definition) is 7. The van der Waals surface area contributed by atoms with E-state index in [4.69, 9.17) is 4.74 Å². The molecule has 3 aliphatic rings. The van der Waals surface area contributed by atoms with Gasteiger partial charge < -0.3 is 9.64 Å². The van der Waals surface area contributed by atoms with Crippen molar-refractivity contribution in [3.8, 4) is 11.5 Å². The lowest BCUT2D eigenvalue weighted by Gasteiger charge is -2.14. The van der Waals surface area contributed by atoms with E-state index in [2.05, 4.69) is 0 Å². The van der Waals surface area contributed by atoms with Crippen LogP contribution in [0.15, 0.2) is 152 Å². The largest absolute Gasteiger partial charge is 0.457 e. The zero-order chi connectivity index (χ0) is 37.1. The minimum atomic E-state index is -0.714. The van der Waals surface area contributed by atoms with Crippen LogP contribution in [-0.2, 0) is 0 Å². The van der Waals surface area contributed by atoms with Gasteiger partial charge in [-0.25, -0.2) is 9.80 Å². The van der Waals surface area contributed by atoms with E-state index in [0.717, 1.165) is 15.4 Å². The molecule has 5 amide bonds. The zero-order valence-corrected chi connectivity index (χ0v) is 28.3. The highest BCUT2D eigenvalue weighted by molar-refractivity contribution is 6.35. The first-order valence-electron chi connectivity index (χ1n) is 17.2. The minimum absolute atomic E-state index is 0.0807. The maximum absolute atomic E-state index is 14.0. The summed E-state index contributed by atoms with van der Waals surface area (Å²) in [5.41, 5.74) is 2.99. The number of Topliss-reactive ketones (excluding diaryl/α,β-unsaturated/α-hetero) is 1. The Labute approximate surface area is 308 Å². The van der Waals surface area contributed by atoms with Crippen molar-refractivity contribution in [2.24, 2.45) is 0 Å². The number of ketones is 1. The summed E-state index contributed by atoms with van der Waals surface area (Å²) < 4.78 is 5.99. The number of anilines is 2. The number of benzene rings is 6. The summed E-state index contributed by atoms with van der Waals surface area (Å²) in [4.78, 5) is 84.5. The lowest BCUT2D eigenvalue weighted by Crippen LogP contribution is -2.29. The predicted molar refractivity (Wildman–Crippen MR) is 198 cm³/mol. The Morgan fingerprint density at radius 3 is 1.59 bits per heavy atom. The fraction of sp³-hybridized carbons (Fsp3) is 0.0455. The molecular formula is C44H27N3O7. The summed E-state index contributed by atoms with van der Waals surface area (Å²) in [6.45, 7) is 0. The van der Waals surface area contributed by atoms with Gasteiger partial charge in [-0.05, 0) is 78.4 Å². The number of rotatable bonds is 8. The van der Waals surface area contributed by atoms with Gasteiger partial charge in [-0.15, -0.1) is 0 Å². The Hall–Kier alpha value is -7.46. The molecule has 1 fully saturated rings. The Morgan fingerprint density at radius 1 is 0.463 bits per heavy atom. The summed E-state index contributed by atoms with van der Waals surface area (Å²) in [5.74, 6) is -1.93. The van der Waals surface area contributed by atoms with E-state index in [-0.39, 0.29) is 33.6 Å². The van der Waals surface area contributed by atoms with Gasteiger partial charge in [0.2, 0.25) is 0 Å². The smallest absolute Gasteiger partial charge is 0.266 e. The number of amides is 5. The number of carbonyl (C=O) groups is 6. The molecule has 0 aliphatic carbocycles. The Morgan fingerprint density at radius 2 is 0.963 bits per heavy atom. The van der Waals surface area contributed by atoms with Crippen molar-refractivity contribution in [3.63, 3.8) is 0 Å². The van der Waals surface area contributed by atoms with Gasteiger partial charge in [0.15, 0.2) is 5.78 Å². The molecule has 260 valence electrons. The molecule has 0 spiro atoms. The highest BCUT2D eigenvalue weighted by atomic mass is 16.5. The monoisotopic (exact) mass is 709 g/mol. The number of fused-ring (bicyclic) bond motifs is 2. The molecule has 6 aromatic rings. The normalized spacial score (nSPS) is 17.1. The van der Waals surface area contributed by atoms with Crippen LogP contribution in [0.2, 0.25) is 0 Å². The molecule has 10 nitrogen and oxygen atoms in total. The third-order valence-corrected chi connectivity index (χ3v) is 9.85. The van der Waals surface area contributed by atoms with Crippen LogP contribution in [0.4, 0.5) is 11.4 Å². The molecule has 0 unspecified atom stereocenters. The van der Waals surface area contributed by atoms with Crippen LogP contribution in [0, 0.1) is 0 Å². The SMILES string of the molecule is O=C(c1ccccc1)[C@H]1[C@H](c2ccccc2)N1C(=O)c1ccc2c(c1)C(=O)N(c1ccc(Oc3ccc4c(c3)C(=O)N(c3ccccc3)C4=O)cc1)C2=O. The van der Waals surface area contributed by atoms with Crippen LogP contribution >= 0.6 is 0 Å². The molecule has 3 heterocycles. The molecule has 0 saturated carbocycles. The third kappa shape index (κ3) is 5.27.